The normalized spacial score (nSPS) is 12.9. The Morgan fingerprint density at radius 3 is 2.57 bits per heavy atom. The van der Waals surface area contributed by atoms with Gasteiger partial charge in [-0.3, -0.25) is 4.79 Å². The Hall–Kier alpha value is -2.55. The zero-order valence-electron chi connectivity index (χ0n) is 12.0. The molecule has 1 N–H and O–H groups in total. The van der Waals surface area contributed by atoms with E-state index < -0.39 is 0 Å². The quantitative estimate of drug-likeness (QED) is 0.931. The van der Waals surface area contributed by atoms with Crippen molar-refractivity contribution in [3.8, 4) is 0 Å². The molecular weight excluding hydrogens is 260 g/mol. The van der Waals surface area contributed by atoms with Crippen LogP contribution in [0.1, 0.15) is 12.5 Å². The summed E-state index contributed by atoms with van der Waals surface area (Å²) in [5.41, 5.74) is 3.87. The van der Waals surface area contributed by atoms with Gasteiger partial charge in [-0.1, -0.05) is 36.4 Å². The van der Waals surface area contributed by atoms with Crippen molar-refractivity contribution in [2.24, 2.45) is 0 Å². The van der Waals surface area contributed by atoms with Gasteiger partial charge in [-0.05, 0) is 36.8 Å². The number of amides is 1. The summed E-state index contributed by atoms with van der Waals surface area (Å²) in [6, 6.07) is 17.8. The van der Waals surface area contributed by atoms with E-state index in [9.17, 15) is 4.79 Å². The van der Waals surface area contributed by atoms with Gasteiger partial charge in [0, 0.05) is 30.0 Å². The molecule has 3 rings (SSSR count). The van der Waals surface area contributed by atoms with E-state index in [1.54, 1.807) is 4.90 Å². The molecule has 1 aliphatic heterocycles. The van der Waals surface area contributed by atoms with Crippen molar-refractivity contribution < 1.29 is 4.79 Å². The fraction of sp³-hybridized carbons (Fsp3) is 0.167. The van der Waals surface area contributed by atoms with Crippen LogP contribution in [0.3, 0.4) is 0 Å². The lowest BCUT2D eigenvalue weighted by molar-refractivity contribution is -0.115. The molecule has 0 aliphatic carbocycles. The number of benzene rings is 2. The summed E-state index contributed by atoms with van der Waals surface area (Å²) in [5.74, 6) is 0.0608. The Morgan fingerprint density at radius 1 is 1.10 bits per heavy atom. The molecule has 2 aromatic rings. The van der Waals surface area contributed by atoms with Gasteiger partial charge in [-0.15, -0.1) is 0 Å². The van der Waals surface area contributed by atoms with Gasteiger partial charge in [0.15, 0.2) is 0 Å². The van der Waals surface area contributed by atoms with E-state index in [-0.39, 0.29) is 5.91 Å². The van der Waals surface area contributed by atoms with E-state index in [1.165, 1.54) is 0 Å². The van der Waals surface area contributed by atoms with Gasteiger partial charge >= 0.3 is 0 Å². The molecule has 0 bridgehead atoms. The molecule has 0 saturated carbocycles. The molecule has 0 radical (unpaired) electrons. The van der Waals surface area contributed by atoms with Crippen molar-refractivity contribution in [3.63, 3.8) is 0 Å². The highest BCUT2D eigenvalue weighted by Crippen LogP contribution is 2.25. The molecule has 0 fully saturated rings. The molecule has 3 heteroatoms. The average molecular weight is 278 g/mol. The summed E-state index contributed by atoms with van der Waals surface area (Å²) >= 11 is 0. The lowest BCUT2D eigenvalue weighted by Gasteiger charge is -2.25. The summed E-state index contributed by atoms with van der Waals surface area (Å²) in [7, 11) is 0. The van der Waals surface area contributed by atoms with Crippen LogP contribution in [0.25, 0.3) is 6.08 Å². The van der Waals surface area contributed by atoms with E-state index in [0.29, 0.717) is 13.1 Å². The van der Waals surface area contributed by atoms with E-state index >= 15 is 0 Å². The van der Waals surface area contributed by atoms with Crippen LogP contribution in [-0.4, -0.2) is 19.0 Å². The van der Waals surface area contributed by atoms with Gasteiger partial charge < -0.3 is 10.2 Å². The van der Waals surface area contributed by atoms with E-state index in [2.05, 4.69) is 5.32 Å². The number of anilines is 2. The minimum Gasteiger partial charge on any atom is -0.380 e. The number of carbonyl (C=O) groups excluding carboxylic acids is 1. The third-order valence-electron chi connectivity index (χ3n) is 3.66. The van der Waals surface area contributed by atoms with Crippen LogP contribution in [0.15, 0.2) is 60.2 Å². The molecular formula is C18H18N2O. The maximum absolute atomic E-state index is 12.8. The molecule has 3 nitrogen and oxygen atoms in total. The van der Waals surface area contributed by atoms with Crippen molar-refractivity contribution in [1.29, 1.82) is 0 Å². The number of hydrogen-bond donors (Lipinski definition) is 1. The highest BCUT2D eigenvalue weighted by molar-refractivity contribution is 6.10. The molecule has 0 aromatic heterocycles. The Bertz CT molecular complexity index is 677. The van der Waals surface area contributed by atoms with Crippen LogP contribution in [0.2, 0.25) is 0 Å². The number of hydrogen-bond acceptors (Lipinski definition) is 2. The maximum Gasteiger partial charge on any atom is 0.256 e. The first-order valence-electron chi connectivity index (χ1n) is 7.20. The molecule has 0 saturated heterocycles. The fourth-order valence-corrected chi connectivity index (χ4v) is 2.58. The number of likely N-dealkylation sites (N-methyl/N-ethyl adjacent to an activating group) is 1. The van der Waals surface area contributed by atoms with Crippen molar-refractivity contribution in [2.45, 2.75) is 6.92 Å². The first kappa shape index (κ1) is 13.4. The topological polar surface area (TPSA) is 32.3 Å². The van der Waals surface area contributed by atoms with Crippen LogP contribution < -0.4 is 10.2 Å². The Balaban J connectivity index is 1.90. The van der Waals surface area contributed by atoms with Gasteiger partial charge in [0.1, 0.15) is 0 Å². The molecule has 1 heterocycles. The molecule has 0 atom stereocenters. The molecule has 2 aromatic carbocycles. The third kappa shape index (κ3) is 2.68. The molecule has 0 unspecified atom stereocenters. The molecule has 1 amide bonds. The second-order valence-electron chi connectivity index (χ2n) is 5.00. The van der Waals surface area contributed by atoms with Crippen molar-refractivity contribution >= 4 is 23.4 Å². The second kappa shape index (κ2) is 5.83. The molecule has 106 valence electrons. The largest absolute Gasteiger partial charge is 0.380 e. The van der Waals surface area contributed by atoms with E-state index in [4.69, 9.17) is 0 Å². The highest BCUT2D eigenvalue weighted by atomic mass is 16.2. The van der Waals surface area contributed by atoms with Crippen LogP contribution in [0.5, 0.6) is 0 Å². The summed E-state index contributed by atoms with van der Waals surface area (Å²) in [5, 5.41) is 3.31. The fourth-order valence-electron chi connectivity index (χ4n) is 2.58. The average Bonchev–Trinajstić information content (AvgIpc) is 2.56. The summed E-state index contributed by atoms with van der Waals surface area (Å²) in [6.45, 7) is 3.22. The van der Waals surface area contributed by atoms with Crippen molar-refractivity contribution in [1.82, 2.24) is 0 Å². The molecule has 0 spiro atoms. The summed E-state index contributed by atoms with van der Waals surface area (Å²) in [4.78, 5) is 14.6. The lowest BCUT2D eigenvalue weighted by Crippen LogP contribution is -2.34. The van der Waals surface area contributed by atoms with E-state index in [1.807, 2.05) is 67.6 Å². The van der Waals surface area contributed by atoms with Crippen molar-refractivity contribution in [2.75, 3.05) is 23.3 Å². The number of carbonyl (C=O) groups is 1. The van der Waals surface area contributed by atoms with Gasteiger partial charge in [-0.2, -0.15) is 0 Å². The second-order valence-corrected chi connectivity index (χ2v) is 5.00. The smallest absolute Gasteiger partial charge is 0.256 e. The Morgan fingerprint density at radius 2 is 1.81 bits per heavy atom. The zero-order valence-corrected chi connectivity index (χ0v) is 12.0. The van der Waals surface area contributed by atoms with Crippen LogP contribution in [0.4, 0.5) is 11.4 Å². The minimum atomic E-state index is 0.0608. The van der Waals surface area contributed by atoms with Crippen LogP contribution in [-0.2, 0) is 4.79 Å². The SMILES string of the molecule is CCN(C(=O)C1=Cc2ccccc2NC1)c1ccccc1. The molecule has 21 heavy (non-hydrogen) atoms. The van der Waals surface area contributed by atoms with Crippen molar-refractivity contribution in [3.05, 3.63) is 65.7 Å². The number of fused-ring (bicyclic) bond motifs is 1. The number of rotatable bonds is 3. The van der Waals surface area contributed by atoms with Crippen LogP contribution in [0, 0.1) is 0 Å². The summed E-state index contributed by atoms with van der Waals surface area (Å²) < 4.78 is 0. The third-order valence-corrected chi connectivity index (χ3v) is 3.66. The van der Waals surface area contributed by atoms with E-state index in [0.717, 1.165) is 22.5 Å². The number of nitrogens with one attached hydrogen (secondary N) is 1. The monoisotopic (exact) mass is 278 g/mol. The van der Waals surface area contributed by atoms with Gasteiger partial charge in [0.2, 0.25) is 0 Å². The Kier molecular flexibility index (Phi) is 3.73. The summed E-state index contributed by atoms with van der Waals surface area (Å²) in [6.07, 6.45) is 1.99. The van der Waals surface area contributed by atoms with Gasteiger partial charge in [0.05, 0.1) is 0 Å². The van der Waals surface area contributed by atoms with Gasteiger partial charge in [-0.25, -0.2) is 0 Å². The maximum atomic E-state index is 12.8. The van der Waals surface area contributed by atoms with Crippen LogP contribution >= 0.6 is 0 Å². The standard InChI is InChI=1S/C18H18N2O/c1-2-20(16-9-4-3-5-10-16)18(21)15-12-14-8-6-7-11-17(14)19-13-15/h3-12,19H,2,13H2,1H3. The zero-order chi connectivity index (χ0) is 14.7. The first-order valence-corrected chi connectivity index (χ1v) is 7.20. The lowest BCUT2D eigenvalue weighted by atomic mass is 10.0. The predicted molar refractivity (Wildman–Crippen MR) is 87.4 cm³/mol. The first-order chi connectivity index (χ1) is 10.3. The van der Waals surface area contributed by atoms with Gasteiger partial charge in [0.25, 0.3) is 5.91 Å². The highest BCUT2D eigenvalue weighted by Gasteiger charge is 2.21. The number of para-hydroxylation sites is 2. The predicted octanol–water partition coefficient (Wildman–Crippen LogP) is 3.55. The Labute approximate surface area is 124 Å². The molecule has 1 aliphatic rings. The minimum absolute atomic E-state index is 0.0608. The number of nitrogens with zero attached hydrogens (tertiary/aromatic N) is 1.